The van der Waals surface area contributed by atoms with Crippen LogP contribution in [0.2, 0.25) is 0 Å². The van der Waals surface area contributed by atoms with Crippen molar-refractivity contribution >= 4 is 11.8 Å². The van der Waals surface area contributed by atoms with Gasteiger partial charge in [-0.1, -0.05) is 20.8 Å². The second-order valence-electron chi connectivity index (χ2n) is 4.69. The Morgan fingerprint density at radius 3 is 2.82 bits per heavy atom. The van der Waals surface area contributed by atoms with Crippen molar-refractivity contribution in [2.45, 2.75) is 46.3 Å². The molecule has 0 fully saturated rings. The highest BCUT2D eigenvalue weighted by atomic mass is 32.2. The Labute approximate surface area is 109 Å². The zero-order valence-electron chi connectivity index (χ0n) is 11.3. The quantitative estimate of drug-likeness (QED) is 0.774. The Morgan fingerprint density at radius 1 is 1.47 bits per heavy atom. The lowest BCUT2D eigenvalue weighted by atomic mass is 10.2. The topological polar surface area (TPSA) is 42.7 Å². The van der Waals surface area contributed by atoms with E-state index < -0.39 is 0 Å². The molecule has 0 saturated heterocycles. The summed E-state index contributed by atoms with van der Waals surface area (Å²) < 4.78 is 2.00. The molecule has 5 heteroatoms. The van der Waals surface area contributed by atoms with Gasteiger partial charge in [0.25, 0.3) is 0 Å². The molecule has 0 spiro atoms. The van der Waals surface area contributed by atoms with Gasteiger partial charge in [-0.05, 0) is 18.6 Å². The lowest BCUT2D eigenvalue weighted by Gasteiger charge is -2.16. The minimum atomic E-state index is 0.564. The van der Waals surface area contributed by atoms with Gasteiger partial charge in [-0.2, -0.15) is 16.9 Å². The maximum Gasteiger partial charge on any atom is 0.140 e. The van der Waals surface area contributed by atoms with Crippen molar-refractivity contribution in [1.82, 2.24) is 20.1 Å². The van der Waals surface area contributed by atoms with Crippen molar-refractivity contribution < 1.29 is 0 Å². The molecule has 1 rings (SSSR count). The monoisotopic (exact) mass is 256 g/mol. The molecule has 0 radical (unpaired) electrons. The van der Waals surface area contributed by atoms with Gasteiger partial charge < -0.3 is 5.32 Å². The van der Waals surface area contributed by atoms with Crippen LogP contribution in [0.3, 0.4) is 0 Å². The van der Waals surface area contributed by atoms with Crippen molar-refractivity contribution in [2.24, 2.45) is 5.92 Å². The van der Waals surface area contributed by atoms with Gasteiger partial charge in [0.1, 0.15) is 12.2 Å². The van der Waals surface area contributed by atoms with E-state index in [1.54, 1.807) is 6.33 Å². The predicted molar refractivity (Wildman–Crippen MR) is 74.2 cm³/mol. The first kappa shape index (κ1) is 14.5. The summed E-state index contributed by atoms with van der Waals surface area (Å²) in [5.74, 6) is 2.79. The summed E-state index contributed by atoms with van der Waals surface area (Å²) in [6, 6.07) is 0.564. The fourth-order valence-corrected chi connectivity index (χ4v) is 2.44. The van der Waals surface area contributed by atoms with Gasteiger partial charge >= 0.3 is 0 Å². The molecule has 1 atom stereocenters. The highest BCUT2D eigenvalue weighted by Gasteiger charge is 2.09. The molecule has 1 aromatic heterocycles. The molecule has 98 valence electrons. The average Bonchev–Trinajstić information content (AvgIpc) is 2.71. The van der Waals surface area contributed by atoms with Crippen molar-refractivity contribution in [3.8, 4) is 0 Å². The van der Waals surface area contributed by atoms with Crippen LogP contribution in [0, 0.1) is 5.92 Å². The number of hydrogen-bond donors (Lipinski definition) is 1. The van der Waals surface area contributed by atoms with Gasteiger partial charge in [0.05, 0.1) is 6.54 Å². The second kappa shape index (κ2) is 7.71. The van der Waals surface area contributed by atoms with E-state index in [-0.39, 0.29) is 0 Å². The van der Waals surface area contributed by atoms with Crippen molar-refractivity contribution in [3.05, 3.63) is 12.2 Å². The van der Waals surface area contributed by atoms with Gasteiger partial charge in [0.15, 0.2) is 0 Å². The minimum Gasteiger partial charge on any atom is -0.306 e. The third-order valence-electron chi connectivity index (χ3n) is 2.64. The first-order chi connectivity index (χ1) is 8.17. The zero-order chi connectivity index (χ0) is 12.7. The van der Waals surface area contributed by atoms with E-state index >= 15 is 0 Å². The summed E-state index contributed by atoms with van der Waals surface area (Å²) in [7, 11) is 0. The van der Waals surface area contributed by atoms with Crippen LogP contribution in [-0.2, 0) is 13.1 Å². The van der Waals surface area contributed by atoms with Crippen LogP contribution in [0.4, 0.5) is 0 Å². The summed E-state index contributed by atoms with van der Waals surface area (Å²) in [4.78, 5) is 4.32. The standard InChI is InChI=1S/C12H24N4S/c1-5-11(8-17-4)13-6-12-14-9-15-16(12)7-10(2)3/h9-11,13H,5-8H2,1-4H3. The van der Waals surface area contributed by atoms with Crippen LogP contribution in [0.15, 0.2) is 6.33 Å². The van der Waals surface area contributed by atoms with Gasteiger partial charge in [0.2, 0.25) is 0 Å². The average molecular weight is 256 g/mol. The second-order valence-corrected chi connectivity index (χ2v) is 5.60. The predicted octanol–water partition coefficient (Wildman–Crippen LogP) is 2.17. The number of nitrogens with one attached hydrogen (secondary N) is 1. The summed E-state index contributed by atoms with van der Waals surface area (Å²) in [5, 5.41) is 7.81. The van der Waals surface area contributed by atoms with Crippen molar-refractivity contribution in [1.29, 1.82) is 0 Å². The fourth-order valence-electron chi connectivity index (χ4n) is 1.68. The molecule has 0 aliphatic rings. The van der Waals surface area contributed by atoms with E-state index in [2.05, 4.69) is 42.4 Å². The Morgan fingerprint density at radius 2 is 2.24 bits per heavy atom. The molecule has 1 aromatic rings. The third kappa shape index (κ3) is 5.08. The Balaban J connectivity index is 2.47. The van der Waals surface area contributed by atoms with Gasteiger partial charge in [-0.15, -0.1) is 0 Å². The number of rotatable bonds is 8. The Hall–Kier alpha value is -0.550. The molecule has 4 nitrogen and oxygen atoms in total. The molecule has 0 aliphatic heterocycles. The largest absolute Gasteiger partial charge is 0.306 e. The first-order valence-corrected chi connectivity index (χ1v) is 7.65. The van der Waals surface area contributed by atoms with Crippen LogP contribution < -0.4 is 5.32 Å². The van der Waals surface area contributed by atoms with Crippen LogP contribution in [0.5, 0.6) is 0 Å². The molecule has 0 aliphatic carbocycles. The van der Waals surface area contributed by atoms with E-state index in [1.165, 1.54) is 0 Å². The summed E-state index contributed by atoms with van der Waals surface area (Å²) in [5.41, 5.74) is 0. The van der Waals surface area contributed by atoms with E-state index in [0.717, 1.165) is 31.1 Å². The number of thioether (sulfide) groups is 1. The summed E-state index contributed by atoms with van der Waals surface area (Å²) >= 11 is 1.88. The number of aromatic nitrogens is 3. The fraction of sp³-hybridized carbons (Fsp3) is 0.833. The Bertz CT molecular complexity index is 311. The van der Waals surface area contributed by atoms with E-state index in [4.69, 9.17) is 0 Å². The van der Waals surface area contributed by atoms with Crippen molar-refractivity contribution in [3.63, 3.8) is 0 Å². The lowest BCUT2D eigenvalue weighted by molar-refractivity contribution is 0.446. The number of hydrogen-bond acceptors (Lipinski definition) is 4. The summed E-state index contributed by atoms with van der Waals surface area (Å²) in [6.07, 6.45) is 4.94. The third-order valence-corrected chi connectivity index (χ3v) is 3.38. The molecule has 0 amide bonds. The minimum absolute atomic E-state index is 0.564. The van der Waals surface area contributed by atoms with Gasteiger partial charge in [-0.25, -0.2) is 9.67 Å². The highest BCUT2D eigenvalue weighted by Crippen LogP contribution is 2.04. The van der Waals surface area contributed by atoms with Crippen LogP contribution in [0.1, 0.15) is 33.0 Å². The van der Waals surface area contributed by atoms with Gasteiger partial charge in [0, 0.05) is 18.3 Å². The van der Waals surface area contributed by atoms with Crippen molar-refractivity contribution in [2.75, 3.05) is 12.0 Å². The maximum atomic E-state index is 4.32. The molecule has 1 unspecified atom stereocenters. The molecular weight excluding hydrogens is 232 g/mol. The normalized spacial score (nSPS) is 13.2. The van der Waals surface area contributed by atoms with Gasteiger partial charge in [-0.3, -0.25) is 0 Å². The van der Waals surface area contributed by atoms with Crippen LogP contribution in [-0.4, -0.2) is 32.8 Å². The summed E-state index contributed by atoms with van der Waals surface area (Å²) in [6.45, 7) is 8.36. The first-order valence-electron chi connectivity index (χ1n) is 6.26. The molecule has 0 aromatic carbocycles. The zero-order valence-corrected chi connectivity index (χ0v) is 12.1. The molecule has 1 heterocycles. The molecule has 17 heavy (non-hydrogen) atoms. The molecule has 0 saturated carbocycles. The Kier molecular flexibility index (Phi) is 6.58. The van der Waals surface area contributed by atoms with Crippen LogP contribution in [0.25, 0.3) is 0 Å². The SMILES string of the molecule is CCC(CSC)NCc1ncnn1CC(C)C. The van der Waals surface area contributed by atoms with Crippen LogP contribution >= 0.6 is 11.8 Å². The van der Waals surface area contributed by atoms with E-state index in [9.17, 15) is 0 Å². The number of nitrogens with zero attached hydrogens (tertiary/aromatic N) is 3. The maximum absolute atomic E-state index is 4.32. The lowest BCUT2D eigenvalue weighted by Crippen LogP contribution is -2.31. The smallest absolute Gasteiger partial charge is 0.140 e. The van der Waals surface area contributed by atoms with E-state index in [0.29, 0.717) is 12.0 Å². The molecule has 0 bridgehead atoms. The highest BCUT2D eigenvalue weighted by molar-refractivity contribution is 7.98. The molecular formula is C12H24N4S. The van der Waals surface area contributed by atoms with E-state index in [1.807, 2.05) is 16.4 Å². The molecule has 1 N–H and O–H groups in total.